The van der Waals surface area contributed by atoms with Gasteiger partial charge in [0.2, 0.25) is 6.04 Å². The fourth-order valence-electron chi connectivity index (χ4n) is 4.41. The first-order valence-corrected chi connectivity index (χ1v) is 14.5. The minimum Gasteiger partial charge on any atom is -0.477 e. The van der Waals surface area contributed by atoms with Crippen molar-refractivity contribution in [3.63, 3.8) is 0 Å². The number of aliphatic carboxylic acids is 1. The Balaban J connectivity index is 0.00000353. The number of thioether (sulfide) groups is 2. The van der Waals surface area contributed by atoms with Gasteiger partial charge in [-0.25, -0.2) is 9.59 Å². The molecule has 11 nitrogen and oxygen atoms in total. The van der Waals surface area contributed by atoms with Gasteiger partial charge < -0.3 is 19.7 Å². The molecule has 2 amide bonds. The number of benzene rings is 1. The van der Waals surface area contributed by atoms with Crippen molar-refractivity contribution in [1.29, 1.82) is 0 Å². The summed E-state index contributed by atoms with van der Waals surface area (Å²) >= 11 is 4.15. The number of amides is 2. The molecule has 0 aliphatic carbocycles. The van der Waals surface area contributed by atoms with E-state index in [4.69, 9.17) is 4.74 Å². The van der Waals surface area contributed by atoms with Crippen molar-refractivity contribution >= 4 is 99.1 Å². The van der Waals surface area contributed by atoms with Crippen molar-refractivity contribution in [3.8, 4) is 0 Å². The van der Waals surface area contributed by atoms with Crippen molar-refractivity contribution < 1.29 is 29.0 Å². The standard InChI is InChI=1S/C24H23N5O6S3.Na/c1-3-35-23(34)18(28-9-8-13-6-4-5-7-15(13)28)19(30)25-16-20(31)29-17(22(32)33)14(10-36-21(16)29)11-37-24-27-26-12(2)38-24;/h4-9,16,18,21H,3,10-11H2,1-2H3,(H,25,30)(H,32,33);. The molecule has 1 fully saturated rings. The van der Waals surface area contributed by atoms with Crippen molar-refractivity contribution in [3.05, 3.63) is 52.8 Å². The number of hydrogen-bond donors (Lipinski definition) is 2. The number of para-hydroxylation sites is 1. The number of β-lactam (4-membered cyclic amide) rings is 1. The number of fused-ring (bicyclic) bond motifs is 2. The summed E-state index contributed by atoms with van der Waals surface area (Å²) in [5, 5.41) is 21.7. The molecule has 4 heterocycles. The van der Waals surface area contributed by atoms with E-state index in [-0.39, 0.29) is 41.9 Å². The molecule has 2 aliphatic rings. The summed E-state index contributed by atoms with van der Waals surface area (Å²) in [5.74, 6) is -2.47. The molecule has 2 aliphatic heterocycles. The minimum atomic E-state index is -1.35. The van der Waals surface area contributed by atoms with Crippen LogP contribution in [0, 0.1) is 6.92 Å². The number of hydrogen-bond acceptors (Lipinski definition) is 10. The van der Waals surface area contributed by atoms with Gasteiger partial charge in [0.25, 0.3) is 11.8 Å². The molecular formula is C24H23N5NaO6S3. The number of nitrogens with zero attached hydrogens (tertiary/aromatic N) is 4. The zero-order valence-electron chi connectivity index (χ0n) is 21.3. The van der Waals surface area contributed by atoms with Crippen molar-refractivity contribution in [1.82, 2.24) is 25.0 Å². The molecule has 2 aromatic heterocycles. The van der Waals surface area contributed by atoms with Gasteiger partial charge in [-0.3, -0.25) is 14.5 Å². The second-order valence-corrected chi connectivity index (χ2v) is 12.0. The maximum atomic E-state index is 13.4. The first-order valence-electron chi connectivity index (χ1n) is 11.7. The summed E-state index contributed by atoms with van der Waals surface area (Å²) in [7, 11) is 0. The van der Waals surface area contributed by atoms with E-state index in [1.807, 2.05) is 19.1 Å². The third-order valence-corrected chi connectivity index (χ3v) is 9.49. The first-order chi connectivity index (χ1) is 18.3. The maximum absolute atomic E-state index is 13.4. The normalized spacial score (nSPS) is 19.1. The Labute approximate surface area is 258 Å². The number of ether oxygens (including phenoxy) is 1. The fourth-order valence-corrected chi connectivity index (χ4v) is 7.71. The van der Waals surface area contributed by atoms with E-state index in [2.05, 4.69) is 15.5 Å². The van der Waals surface area contributed by atoms with Gasteiger partial charge in [-0.1, -0.05) is 41.3 Å². The zero-order valence-corrected chi connectivity index (χ0v) is 25.8. The van der Waals surface area contributed by atoms with Crippen LogP contribution >= 0.6 is 34.9 Å². The van der Waals surface area contributed by atoms with Gasteiger partial charge in [-0.2, -0.15) is 0 Å². The van der Waals surface area contributed by atoms with Gasteiger partial charge in [0.05, 0.1) is 6.61 Å². The van der Waals surface area contributed by atoms with Crippen LogP contribution in [0.15, 0.2) is 52.1 Å². The smallest absolute Gasteiger partial charge is 0.352 e. The van der Waals surface area contributed by atoms with E-state index in [1.54, 1.807) is 31.3 Å². The molecular weight excluding hydrogens is 573 g/mol. The average Bonchev–Trinajstić information content (AvgIpc) is 3.51. The number of rotatable bonds is 9. The molecule has 0 saturated carbocycles. The topological polar surface area (TPSA) is 144 Å². The largest absolute Gasteiger partial charge is 0.477 e. The number of aryl methyl sites for hydroxylation is 1. The van der Waals surface area contributed by atoms with Crippen molar-refractivity contribution in [2.45, 2.75) is 35.6 Å². The summed E-state index contributed by atoms with van der Waals surface area (Å²) in [6, 6.07) is 6.77. The number of carboxylic acid groups (broad SMARTS) is 1. The fraction of sp³-hybridized carbons (Fsp3) is 0.333. The molecule has 2 N–H and O–H groups in total. The number of aromatic nitrogens is 3. The average molecular weight is 597 g/mol. The van der Waals surface area contributed by atoms with E-state index < -0.39 is 41.2 Å². The molecule has 3 unspecified atom stereocenters. The first kappa shape index (κ1) is 29.6. The number of nitrogens with one attached hydrogen (secondary N) is 1. The SMILES string of the molecule is CCOC(=O)C(C(=O)NC1C(=O)N2C(C(=O)O)=C(CSc3nnc(C)s3)CSC12)n1ccc2ccccc21.[Na]. The molecule has 3 atom stereocenters. The summed E-state index contributed by atoms with van der Waals surface area (Å²) in [6.07, 6.45) is 1.63. The molecule has 199 valence electrons. The van der Waals surface area contributed by atoms with Crippen molar-refractivity contribution in [2.24, 2.45) is 0 Å². The van der Waals surface area contributed by atoms with Crippen molar-refractivity contribution in [2.75, 3.05) is 18.1 Å². The molecule has 0 spiro atoms. The Morgan fingerprint density at radius 3 is 2.72 bits per heavy atom. The third-order valence-electron chi connectivity index (χ3n) is 6.09. The van der Waals surface area contributed by atoms with Crippen LogP contribution in [-0.2, 0) is 23.9 Å². The van der Waals surface area contributed by atoms with E-state index in [9.17, 15) is 24.3 Å². The summed E-state index contributed by atoms with van der Waals surface area (Å²) in [5.41, 5.74) is 1.19. The third kappa shape index (κ3) is 5.77. The Bertz CT molecular complexity index is 1470. The molecule has 39 heavy (non-hydrogen) atoms. The molecule has 5 rings (SSSR count). The Morgan fingerprint density at radius 1 is 1.26 bits per heavy atom. The van der Waals surface area contributed by atoms with Crippen LogP contribution in [0.1, 0.15) is 18.0 Å². The Morgan fingerprint density at radius 2 is 2.03 bits per heavy atom. The number of carbonyl (C=O) groups is 4. The predicted octanol–water partition coefficient (Wildman–Crippen LogP) is 2.06. The monoisotopic (exact) mass is 596 g/mol. The maximum Gasteiger partial charge on any atom is 0.352 e. The van der Waals surface area contributed by atoms with E-state index >= 15 is 0 Å². The van der Waals surface area contributed by atoms with E-state index in [1.165, 1.54) is 44.3 Å². The second-order valence-electron chi connectivity index (χ2n) is 8.47. The van der Waals surface area contributed by atoms with Crippen LogP contribution in [0.2, 0.25) is 0 Å². The zero-order chi connectivity index (χ0) is 27.0. The summed E-state index contributed by atoms with van der Waals surface area (Å²) in [4.78, 5) is 52.8. The van der Waals surface area contributed by atoms with Crippen LogP contribution in [0.5, 0.6) is 0 Å². The van der Waals surface area contributed by atoms with Gasteiger partial charge in [0.15, 0.2) is 4.34 Å². The van der Waals surface area contributed by atoms with Crippen LogP contribution in [0.3, 0.4) is 0 Å². The Hall–Kier alpha value is -2.36. The molecule has 1 radical (unpaired) electrons. The molecule has 1 saturated heterocycles. The molecule has 0 bridgehead atoms. The molecule has 3 aromatic rings. The van der Waals surface area contributed by atoms with Gasteiger partial charge in [-0.15, -0.1) is 22.0 Å². The van der Waals surface area contributed by atoms with Gasteiger partial charge in [-0.05, 0) is 36.9 Å². The number of carbonyl (C=O) groups excluding carboxylic acids is 3. The minimum absolute atomic E-state index is 0. The van der Waals surface area contributed by atoms with Gasteiger partial charge in [0, 0.05) is 52.8 Å². The predicted molar refractivity (Wildman–Crippen MR) is 148 cm³/mol. The molecule has 15 heteroatoms. The summed E-state index contributed by atoms with van der Waals surface area (Å²) < 4.78 is 7.41. The van der Waals surface area contributed by atoms with E-state index in [0.717, 1.165) is 14.7 Å². The molecule has 1 aromatic carbocycles. The summed E-state index contributed by atoms with van der Waals surface area (Å²) in [6.45, 7) is 3.57. The van der Waals surface area contributed by atoms with Gasteiger partial charge >= 0.3 is 11.9 Å². The number of carboxylic acids is 1. The van der Waals surface area contributed by atoms with Crippen LogP contribution in [-0.4, -0.2) is 108 Å². The van der Waals surface area contributed by atoms with E-state index in [0.29, 0.717) is 22.6 Å². The second kappa shape index (κ2) is 12.4. The quantitative estimate of drug-likeness (QED) is 0.124. The van der Waals surface area contributed by atoms with Crippen LogP contribution < -0.4 is 5.32 Å². The van der Waals surface area contributed by atoms with Crippen LogP contribution in [0.25, 0.3) is 10.9 Å². The van der Waals surface area contributed by atoms with Crippen LogP contribution in [0.4, 0.5) is 0 Å². The van der Waals surface area contributed by atoms with Gasteiger partial charge in [0.1, 0.15) is 22.1 Å². The Kier molecular flexibility index (Phi) is 9.45. The number of esters is 1.